The zero-order valence-electron chi connectivity index (χ0n) is 10.4. The molecule has 1 heterocycles. The van der Waals surface area contributed by atoms with Gasteiger partial charge in [-0.1, -0.05) is 27.2 Å². The number of carbonyl (C=O) groups is 1. The molecule has 0 saturated heterocycles. The minimum Gasteiger partial charge on any atom is -0.361 e. The number of benzene rings is 1. The van der Waals surface area contributed by atoms with E-state index in [0.29, 0.717) is 17.0 Å². The maximum Gasteiger partial charge on any atom is 0.261 e. The maximum absolute atomic E-state index is 12.1. The molecule has 2 aromatic rings. The number of carbonyl (C=O) groups excluding carboxylic acids is 1. The highest BCUT2D eigenvalue weighted by atomic mass is 79.9. The number of rotatable bonds is 2. The molecule has 0 radical (unpaired) electrons. The number of aryl methyl sites for hydroxylation is 3. The fraction of sp³-hybridized carbons (Fsp3) is 0.231. The Morgan fingerprint density at radius 3 is 2.61 bits per heavy atom. The number of halogens is 1. The van der Waals surface area contributed by atoms with Gasteiger partial charge in [0.25, 0.3) is 5.91 Å². The number of amides is 1. The van der Waals surface area contributed by atoms with E-state index in [1.54, 1.807) is 13.8 Å². The number of nitrogens with zero attached hydrogens (tertiary/aromatic N) is 1. The Bertz CT molecular complexity index is 586. The number of nitrogens with one attached hydrogen (secondary N) is 1. The summed E-state index contributed by atoms with van der Waals surface area (Å²) >= 11 is 3.43. The fourth-order valence-corrected chi connectivity index (χ4v) is 2.05. The van der Waals surface area contributed by atoms with Gasteiger partial charge in [0.2, 0.25) is 0 Å². The molecule has 0 unspecified atom stereocenters. The normalized spacial score (nSPS) is 10.4. The van der Waals surface area contributed by atoms with Gasteiger partial charge in [-0.25, -0.2) is 0 Å². The molecule has 18 heavy (non-hydrogen) atoms. The standard InChI is InChI=1S/C13H13BrN2O2/c1-7-4-5-10(6-11(7)14)15-13(17)12-8(2)16-18-9(12)3/h4-6H,1-3H3,(H,15,17). The molecule has 0 aliphatic heterocycles. The van der Waals surface area contributed by atoms with Crippen LogP contribution in [0.2, 0.25) is 0 Å². The second-order valence-electron chi connectivity index (χ2n) is 4.12. The van der Waals surface area contributed by atoms with E-state index >= 15 is 0 Å². The monoisotopic (exact) mass is 308 g/mol. The first-order valence-corrected chi connectivity index (χ1v) is 6.28. The van der Waals surface area contributed by atoms with Crippen molar-refractivity contribution < 1.29 is 9.32 Å². The lowest BCUT2D eigenvalue weighted by atomic mass is 10.2. The summed E-state index contributed by atoms with van der Waals surface area (Å²) in [7, 11) is 0. The number of hydrogen-bond acceptors (Lipinski definition) is 3. The van der Waals surface area contributed by atoms with E-state index in [1.807, 2.05) is 25.1 Å². The van der Waals surface area contributed by atoms with Crippen LogP contribution in [-0.2, 0) is 0 Å². The molecule has 4 nitrogen and oxygen atoms in total. The molecule has 0 saturated carbocycles. The second kappa shape index (κ2) is 4.94. The molecule has 2 rings (SSSR count). The van der Waals surface area contributed by atoms with Gasteiger partial charge in [-0.2, -0.15) is 0 Å². The smallest absolute Gasteiger partial charge is 0.261 e. The Balaban J connectivity index is 2.24. The molecule has 1 N–H and O–H groups in total. The maximum atomic E-state index is 12.1. The van der Waals surface area contributed by atoms with Crippen molar-refractivity contribution in [2.75, 3.05) is 5.32 Å². The largest absolute Gasteiger partial charge is 0.361 e. The van der Waals surface area contributed by atoms with Crippen molar-refractivity contribution in [1.29, 1.82) is 0 Å². The third-order valence-corrected chi connectivity index (χ3v) is 3.54. The van der Waals surface area contributed by atoms with E-state index in [1.165, 1.54) is 0 Å². The molecular formula is C13H13BrN2O2. The highest BCUT2D eigenvalue weighted by Crippen LogP contribution is 2.22. The van der Waals surface area contributed by atoms with Gasteiger partial charge in [0.15, 0.2) is 0 Å². The van der Waals surface area contributed by atoms with E-state index in [-0.39, 0.29) is 5.91 Å². The van der Waals surface area contributed by atoms with E-state index in [2.05, 4.69) is 26.4 Å². The summed E-state index contributed by atoms with van der Waals surface area (Å²) in [5, 5.41) is 6.59. The first kappa shape index (κ1) is 12.8. The summed E-state index contributed by atoms with van der Waals surface area (Å²) in [5.41, 5.74) is 2.94. The molecule has 1 aromatic carbocycles. The molecule has 94 valence electrons. The second-order valence-corrected chi connectivity index (χ2v) is 4.97. The Morgan fingerprint density at radius 2 is 2.06 bits per heavy atom. The van der Waals surface area contributed by atoms with Gasteiger partial charge in [-0.15, -0.1) is 0 Å². The van der Waals surface area contributed by atoms with Crippen LogP contribution in [0.3, 0.4) is 0 Å². The van der Waals surface area contributed by atoms with Crippen molar-refractivity contribution in [2.45, 2.75) is 20.8 Å². The molecular weight excluding hydrogens is 296 g/mol. The van der Waals surface area contributed by atoms with Gasteiger partial charge in [-0.05, 0) is 38.5 Å². The summed E-state index contributed by atoms with van der Waals surface area (Å²) in [6.45, 7) is 5.46. The molecule has 1 aromatic heterocycles. The molecule has 0 aliphatic carbocycles. The molecule has 5 heteroatoms. The van der Waals surface area contributed by atoms with Crippen LogP contribution < -0.4 is 5.32 Å². The Labute approximate surface area is 113 Å². The van der Waals surface area contributed by atoms with Gasteiger partial charge >= 0.3 is 0 Å². The van der Waals surface area contributed by atoms with Crippen molar-refractivity contribution >= 4 is 27.5 Å². The predicted octanol–water partition coefficient (Wildman–Crippen LogP) is 3.61. The van der Waals surface area contributed by atoms with Crippen LogP contribution in [0, 0.1) is 20.8 Å². The first-order chi connectivity index (χ1) is 8.49. The number of anilines is 1. The topological polar surface area (TPSA) is 55.1 Å². The zero-order valence-corrected chi connectivity index (χ0v) is 12.0. The minimum absolute atomic E-state index is 0.206. The highest BCUT2D eigenvalue weighted by molar-refractivity contribution is 9.10. The average Bonchev–Trinajstić information content (AvgIpc) is 2.64. The molecule has 0 atom stereocenters. The SMILES string of the molecule is Cc1ccc(NC(=O)c2c(C)noc2C)cc1Br. The van der Waals surface area contributed by atoms with E-state index in [0.717, 1.165) is 15.7 Å². The van der Waals surface area contributed by atoms with Crippen LogP contribution in [0.15, 0.2) is 27.2 Å². The molecule has 0 fully saturated rings. The lowest BCUT2D eigenvalue weighted by Crippen LogP contribution is -2.13. The van der Waals surface area contributed by atoms with Crippen LogP contribution in [0.4, 0.5) is 5.69 Å². The molecule has 0 bridgehead atoms. The summed E-state index contributed by atoms with van der Waals surface area (Å²) in [6, 6.07) is 5.66. The zero-order chi connectivity index (χ0) is 13.3. The molecule has 1 amide bonds. The van der Waals surface area contributed by atoms with Crippen molar-refractivity contribution in [3.8, 4) is 0 Å². The van der Waals surface area contributed by atoms with E-state index in [4.69, 9.17) is 4.52 Å². The lowest BCUT2D eigenvalue weighted by molar-refractivity contribution is 0.102. The minimum atomic E-state index is -0.206. The quantitative estimate of drug-likeness (QED) is 0.922. The third-order valence-electron chi connectivity index (χ3n) is 2.69. The van der Waals surface area contributed by atoms with Gasteiger partial charge < -0.3 is 9.84 Å². The van der Waals surface area contributed by atoms with Crippen molar-refractivity contribution in [3.63, 3.8) is 0 Å². The highest BCUT2D eigenvalue weighted by Gasteiger charge is 2.17. The lowest BCUT2D eigenvalue weighted by Gasteiger charge is -2.06. The van der Waals surface area contributed by atoms with Crippen LogP contribution in [-0.4, -0.2) is 11.1 Å². The van der Waals surface area contributed by atoms with Crippen molar-refractivity contribution in [2.24, 2.45) is 0 Å². The summed E-state index contributed by atoms with van der Waals surface area (Å²) in [4.78, 5) is 12.1. The van der Waals surface area contributed by atoms with Crippen LogP contribution in [0.1, 0.15) is 27.4 Å². The van der Waals surface area contributed by atoms with Crippen LogP contribution in [0.5, 0.6) is 0 Å². The summed E-state index contributed by atoms with van der Waals surface area (Å²) < 4.78 is 5.93. The van der Waals surface area contributed by atoms with Crippen LogP contribution in [0.25, 0.3) is 0 Å². The first-order valence-electron chi connectivity index (χ1n) is 5.49. The van der Waals surface area contributed by atoms with E-state index < -0.39 is 0 Å². The van der Waals surface area contributed by atoms with Gasteiger partial charge in [0.05, 0.1) is 5.69 Å². The number of hydrogen-bond donors (Lipinski definition) is 1. The molecule has 0 spiro atoms. The van der Waals surface area contributed by atoms with Crippen molar-refractivity contribution in [3.05, 3.63) is 45.3 Å². The van der Waals surface area contributed by atoms with Crippen molar-refractivity contribution in [1.82, 2.24) is 5.16 Å². The third kappa shape index (κ3) is 2.46. The predicted molar refractivity (Wildman–Crippen MR) is 72.8 cm³/mol. The number of aromatic nitrogens is 1. The van der Waals surface area contributed by atoms with Gasteiger partial charge in [-0.3, -0.25) is 4.79 Å². The average molecular weight is 309 g/mol. The Kier molecular flexibility index (Phi) is 3.52. The van der Waals surface area contributed by atoms with Crippen LogP contribution >= 0.6 is 15.9 Å². The van der Waals surface area contributed by atoms with E-state index in [9.17, 15) is 4.79 Å². The summed E-state index contributed by atoms with van der Waals surface area (Å²) in [6.07, 6.45) is 0. The van der Waals surface area contributed by atoms with Gasteiger partial charge in [0.1, 0.15) is 11.3 Å². The Morgan fingerprint density at radius 1 is 1.33 bits per heavy atom. The molecule has 0 aliphatic rings. The Hall–Kier alpha value is -1.62. The summed E-state index contributed by atoms with van der Waals surface area (Å²) in [5.74, 6) is 0.318. The fourth-order valence-electron chi connectivity index (χ4n) is 1.67. The van der Waals surface area contributed by atoms with Gasteiger partial charge in [0, 0.05) is 10.2 Å².